The van der Waals surface area contributed by atoms with Crippen molar-refractivity contribution in [2.75, 3.05) is 7.05 Å². The molecule has 1 amide bonds. The van der Waals surface area contributed by atoms with Gasteiger partial charge < -0.3 is 9.47 Å². The molecule has 5 rings (SSSR count). The number of nitrogens with zero attached hydrogens (tertiary/aromatic N) is 5. The van der Waals surface area contributed by atoms with Gasteiger partial charge in [-0.2, -0.15) is 10.1 Å². The van der Waals surface area contributed by atoms with E-state index in [1.54, 1.807) is 45.7 Å². The lowest BCUT2D eigenvalue weighted by molar-refractivity contribution is -0.131. The number of aromatic nitrogens is 4. The van der Waals surface area contributed by atoms with E-state index in [-0.39, 0.29) is 23.8 Å². The standard InChI is InChI=1S/C32H30FN5O2S/c1-36(18-23-8-12-27(13-9-23)26-6-4-3-5-7-26)30(39)21-38-20-28(16-25-17-34-37(2)19-25)31(40)35-32(38)41-22-24-10-14-29(33)15-11-24/h3-15,17,19-20H,16,18,21-22H2,1-2H3. The zero-order valence-corrected chi connectivity index (χ0v) is 23.7. The Morgan fingerprint density at radius 2 is 1.59 bits per heavy atom. The molecular weight excluding hydrogens is 537 g/mol. The van der Waals surface area contributed by atoms with Gasteiger partial charge >= 0.3 is 0 Å². The van der Waals surface area contributed by atoms with Crippen LogP contribution in [0, 0.1) is 5.82 Å². The van der Waals surface area contributed by atoms with Crippen molar-refractivity contribution in [2.45, 2.75) is 30.4 Å². The van der Waals surface area contributed by atoms with Gasteiger partial charge in [-0.1, -0.05) is 78.5 Å². The number of rotatable bonds is 10. The SMILES string of the molecule is CN(Cc1ccc(-c2ccccc2)cc1)C(=O)Cn1cc(Cc2cnn(C)c2)c(=O)nc1SCc1ccc(F)cc1. The minimum atomic E-state index is -0.342. The second-order valence-corrected chi connectivity index (χ2v) is 10.9. The number of carbonyl (C=O) groups is 1. The van der Waals surface area contributed by atoms with Crippen molar-refractivity contribution in [2.24, 2.45) is 7.05 Å². The Kier molecular flexibility index (Phi) is 8.74. The van der Waals surface area contributed by atoms with Crippen LogP contribution in [0.5, 0.6) is 0 Å². The average Bonchev–Trinajstić information content (AvgIpc) is 3.39. The minimum Gasteiger partial charge on any atom is -0.340 e. The number of amides is 1. The highest BCUT2D eigenvalue weighted by Gasteiger charge is 2.16. The molecule has 0 unspecified atom stereocenters. The normalized spacial score (nSPS) is 11.0. The van der Waals surface area contributed by atoms with Crippen LogP contribution in [0.3, 0.4) is 0 Å². The molecule has 0 aliphatic rings. The summed E-state index contributed by atoms with van der Waals surface area (Å²) in [6, 6.07) is 24.5. The Morgan fingerprint density at radius 3 is 2.27 bits per heavy atom. The Bertz CT molecular complexity index is 1680. The van der Waals surface area contributed by atoms with Gasteiger partial charge in [0.2, 0.25) is 5.91 Å². The molecule has 5 aromatic rings. The second kappa shape index (κ2) is 12.8. The molecule has 0 spiro atoms. The first-order valence-corrected chi connectivity index (χ1v) is 14.2. The Hall–Kier alpha value is -4.50. The molecule has 0 saturated heterocycles. The molecule has 0 aliphatic heterocycles. The molecule has 41 heavy (non-hydrogen) atoms. The third-order valence-corrected chi connectivity index (χ3v) is 7.74. The summed E-state index contributed by atoms with van der Waals surface area (Å²) in [4.78, 5) is 32.3. The summed E-state index contributed by atoms with van der Waals surface area (Å²) in [7, 11) is 3.59. The second-order valence-electron chi connectivity index (χ2n) is 9.91. The van der Waals surface area contributed by atoms with E-state index in [2.05, 4.69) is 34.3 Å². The van der Waals surface area contributed by atoms with Crippen LogP contribution in [-0.4, -0.2) is 37.2 Å². The molecule has 2 heterocycles. The lowest BCUT2D eigenvalue weighted by atomic mass is 10.0. The van der Waals surface area contributed by atoms with Gasteiger partial charge in [0.15, 0.2) is 5.16 Å². The van der Waals surface area contributed by atoms with Crippen LogP contribution >= 0.6 is 11.8 Å². The number of hydrogen-bond donors (Lipinski definition) is 0. The first kappa shape index (κ1) is 28.0. The van der Waals surface area contributed by atoms with E-state index in [1.807, 2.05) is 43.6 Å². The van der Waals surface area contributed by atoms with Crippen LogP contribution in [0.4, 0.5) is 4.39 Å². The molecular formula is C32H30FN5O2S. The average molecular weight is 568 g/mol. The van der Waals surface area contributed by atoms with Crippen molar-refractivity contribution in [3.05, 3.63) is 136 Å². The first-order valence-electron chi connectivity index (χ1n) is 13.2. The van der Waals surface area contributed by atoms with Crippen LogP contribution in [0.2, 0.25) is 0 Å². The lowest BCUT2D eigenvalue weighted by Gasteiger charge is -2.20. The number of carbonyl (C=O) groups excluding carboxylic acids is 1. The first-order chi connectivity index (χ1) is 19.8. The van der Waals surface area contributed by atoms with Crippen LogP contribution in [0.25, 0.3) is 11.1 Å². The summed E-state index contributed by atoms with van der Waals surface area (Å²) < 4.78 is 16.8. The predicted octanol–water partition coefficient (Wildman–Crippen LogP) is 5.32. The molecule has 0 atom stereocenters. The Labute approximate surface area is 242 Å². The summed E-state index contributed by atoms with van der Waals surface area (Å²) in [6.07, 6.45) is 5.64. The summed E-state index contributed by atoms with van der Waals surface area (Å²) >= 11 is 1.34. The molecule has 0 N–H and O–H groups in total. The van der Waals surface area contributed by atoms with Crippen molar-refractivity contribution in [3.63, 3.8) is 0 Å². The molecule has 0 bridgehead atoms. The molecule has 3 aromatic carbocycles. The van der Waals surface area contributed by atoms with E-state index in [1.165, 1.54) is 23.9 Å². The Morgan fingerprint density at radius 1 is 0.902 bits per heavy atom. The van der Waals surface area contributed by atoms with Crippen LogP contribution in [-0.2, 0) is 37.1 Å². The highest BCUT2D eigenvalue weighted by Crippen LogP contribution is 2.22. The fourth-order valence-electron chi connectivity index (χ4n) is 4.44. The van der Waals surface area contributed by atoms with Gasteiger partial charge in [0, 0.05) is 50.8 Å². The zero-order valence-electron chi connectivity index (χ0n) is 22.9. The number of benzene rings is 3. The quantitative estimate of drug-likeness (QED) is 0.169. The number of hydrogen-bond acceptors (Lipinski definition) is 5. The third-order valence-electron chi connectivity index (χ3n) is 6.68. The van der Waals surface area contributed by atoms with E-state index in [0.29, 0.717) is 29.4 Å². The third kappa shape index (κ3) is 7.37. The Balaban J connectivity index is 1.33. The van der Waals surface area contributed by atoms with Crippen LogP contribution < -0.4 is 5.56 Å². The van der Waals surface area contributed by atoms with Gasteiger partial charge in [0.25, 0.3) is 5.56 Å². The predicted molar refractivity (Wildman–Crippen MR) is 159 cm³/mol. The van der Waals surface area contributed by atoms with Crippen molar-refractivity contribution in [3.8, 4) is 11.1 Å². The molecule has 9 heteroatoms. The van der Waals surface area contributed by atoms with Gasteiger partial charge in [-0.05, 0) is 39.9 Å². The smallest absolute Gasteiger partial charge is 0.277 e. The molecule has 0 aliphatic carbocycles. The summed E-state index contributed by atoms with van der Waals surface area (Å²) in [5.74, 6) is 0.0577. The van der Waals surface area contributed by atoms with Gasteiger partial charge in [0.1, 0.15) is 12.4 Å². The number of likely N-dealkylation sites (N-methyl/N-ethyl adjacent to an activating group) is 1. The zero-order chi connectivity index (χ0) is 28.8. The van der Waals surface area contributed by atoms with E-state index in [4.69, 9.17) is 0 Å². The molecule has 7 nitrogen and oxygen atoms in total. The fourth-order valence-corrected chi connectivity index (χ4v) is 5.36. The van der Waals surface area contributed by atoms with Crippen molar-refractivity contribution in [1.29, 1.82) is 0 Å². The minimum absolute atomic E-state index is 0.0255. The van der Waals surface area contributed by atoms with Gasteiger partial charge in [-0.25, -0.2) is 4.39 Å². The maximum atomic E-state index is 13.4. The molecule has 208 valence electrons. The largest absolute Gasteiger partial charge is 0.340 e. The lowest BCUT2D eigenvalue weighted by Crippen LogP contribution is -2.31. The van der Waals surface area contributed by atoms with E-state index < -0.39 is 0 Å². The van der Waals surface area contributed by atoms with Crippen molar-refractivity contribution in [1.82, 2.24) is 24.2 Å². The van der Waals surface area contributed by atoms with Crippen molar-refractivity contribution < 1.29 is 9.18 Å². The topological polar surface area (TPSA) is 73.0 Å². The fraction of sp³-hybridized carbons (Fsp3) is 0.188. The van der Waals surface area contributed by atoms with E-state index >= 15 is 0 Å². The molecule has 0 saturated carbocycles. The number of thioether (sulfide) groups is 1. The molecule has 2 aromatic heterocycles. The highest BCUT2D eigenvalue weighted by atomic mass is 32.2. The highest BCUT2D eigenvalue weighted by molar-refractivity contribution is 7.98. The summed E-state index contributed by atoms with van der Waals surface area (Å²) in [5, 5.41) is 4.62. The number of aryl methyl sites for hydroxylation is 1. The molecule has 0 radical (unpaired) electrons. The van der Waals surface area contributed by atoms with E-state index in [9.17, 15) is 14.0 Å². The van der Waals surface area contributed by atoms with Crippen LogP contribution in [0.15, 0.2) is 107 Å². The van der Waals surface area contributed by atoms with Gasteiger partial charge in [0.05, 0.1) is 6.20 Å². The van der Waals surface area contributed by atoms with Crippen LogP contribution in [0.1, 0.15) is 22.3 Å². The maximum Gasteiger partial charge on any atom is 0.277 e. The summed E-state index contributed by atoms with van der Waals surface area (Å²) in [5.41, 5.74) is 5.18. The maximum absolute atomic E-state index is 13.4. The van der Waals surface area contributed by atoms with E-state index in [0.717, 1.165) is 27.8 Å². The summed E-state index contributed by atoms with van der Waals surface area (Å²) in [6.45, 7) is 0.472. The number of halogens is 1. The molecule has 0 fully saturated rings. The van der Waals surface area contributed by atoms with Crippen molar-refractivity contribution >= 4 is 17.7 Å². The van der Waals surface area contributed by atoms with Gasteiger partial charge in [-0.3, -0.25) is 14.3 Å². The monoisotopic (exact) mass is 567 g/mol. The van der Waals surface area contributed by atoms with Gasteiger partial charge in [-0.15, -0.1) is 0 Å².